The van der Waals surface area contributed by atoms with Crippen LogP contribution in [0.1, 0.15) is 55.3 Å². The van der Waals surface area contributed by atoms with Crippen molar-refractivity contribution >= 4 is 28.2 Å². The summed E-state index contributed by atoms with van der Waals surface area (Å²) in [4.78, 5) is 25.0. The van der Waals surface area contributed by atoms with Gasteiger partial charge in [-0.15, -0.1) is 11.3 Å². The molecule has 0 bridgehead atoms. The van der Waals surface area contributed by atoms with Gasteiger partial charge in [0.25, 0.3) is 0 Å². The summed E-state index contributed by atoms with van der Waals surface area (Å²) in [5.41, 5.74) is 0.391. The monoisotopic (exact) mass is 295 g/mol. The molecule has 5 heteroatoms. The van der Waals surface area contributed by atoms with Crippen LogP contribution in [0.25, 0.3) is 0 Å². The van der Waals surface area contributed by atoms with Crippen LogP contribution in [-0.2, 0) is 14.9 Å². The lowest BCUT2D eigenvalue weighted by molar-refractivity contribution is -0.122. The van der Waals surface area contributed by atoms with Crippen molar-refractivity contribution < 1.29 is 14.3 Å². The normalized spacial score (nSPS) is 15.6. The predicted molar refractivity (Wildman–Crippen MR) is 80.3 cm³/mol. The summed E-state index contributed by atoms with van der Waals surface area (Å²) in [6.07, 6.45) is 2.99. The van der Waals surface area contributed by atoms with E-state index in [1.54, 1.807) is 0 Å². The lowest BCUT2D eigenvalue weighted by atomic mass is 9.85. The first-order valence-electron chi connectivity index (χ1n) is 6.86. The average molecular weight is 295 g/mol. The van der Waals surface area contributed by atoms with Crippen molar-refractivity contribution in [2.45, 2.75) is 45.4 Å². The molecule has 1 aromatic heterocycles. The Bertz CT molecular complexity index is 524. The van der Waals surface area contributed by atoms with Gasteiger partial charge in [-0.1, -0.05) is 27.2 Å². The van der Waals surface area contributed by atoms with E-state index in [0.29, 0.717) is 10.6 Å². The first-order chi connectivity index (χ1) is 9.32. The Labute approximate surface area is 123 Å². The maximum Gasteiger partial charge on any atom is 0.340 e. The molecule has 110 valence electrons. The van der Waals surface area contributed by atoms with Crippen molar-refractivity contribution in [1.29, 1.82) is 0 Å². The highest BCUT2D eigenvalue weighted by Gasteiger charge is 2.29. The van der Waals surface area contributed by atoms with E-state index in [2.05, 4.69) is 26.1 Å². The summed E-state index contributed by atoms with van der Waals surface area (Å²) in [6, 6.07) is 1.83. The van der Waals surface area contributed by atoms with Crippen LogP contribution in [0.5, 0.6) is 0 Å². The molecular formula is C15H21NO3S. The van der Waals surface area contributed by atoms with Crippen LogP contribution in [0.15, 0.2) is 6.07 Å². The minimum Gasteiger partial charge on any atom is -0.465 e. The molecule has 0 saturated heterocycles. The van der Waals surface area contributed by atoms with Crippen LogP contribution in [0.4, 0.5) is 5.00 Å². The zero-order valence-electron chi connectivity index (χ0n) is 12.4. The van der Waals surface area contributed by atoms with Gasteiger partial charge < -0.3 is 10.1 Å². The van der Waals surface area contributed by atoms with Gasteiger partial charge in [-0.25, -0.2) is 4.79 Å². The Morgan fingerprint density at radius 1 is 1.35 bits per heavy atom. The molecule has 0 radical (unpaired) electrons. The van der Waals surface area contributed by atoms with Crippen molar-refractivity contribution in [2.24, 2.45) is 5.92 Å². The Kier molecular flexibility index (Phi) is 4.18. The predicted octanol–water partition coefficient (Wildman–Crippen LogP) is 3.57. The SMILES string of the molecule is COC(=O)c1cc(C(C)(C)C)sc1NC(=O)C1CCC1. The molecule has 1 N–H and O–H groups in total. The van der Waals surface area contributed by atoms with Gasteiger partial charge in [0.05, 0.1) is 12.7 Å². The molecule has 1 aliphatic rings. The second kappa shape index (κ2) is 5.56. The molecule has 0 atom stereocenters. The summed E-state index contributed by atoms with van der Waals surface area (Å²) < 4.78 is 4.80. The zero-order chi connectivity index (χ0) is 14.9. The number of ether oxygens (including phenoxy) is 1. The van der Waals surface area contributed by atoms with Crippen LogP contribution < -0.4 is 5.32 Å². The van der Waals surface area contributed by atoms with E-state index in [1.807, 2.05) is 6.07 Å². The highest BCUT2D eigenvalue weighted by atomic mass is 32.1. The summed E-state index contributed by atoms with van der Waals surface area (Å²) in [5, 5.41) is 3.51. The van der Waals surface area contributed by atoms with Crippen molar-refractivity contribution in [1.82, 2.24) is 0 Å². The third-order valence-electron chi connectivity index (χ3n) is 3.59. The number of hydrogen-bond donors (Lipinski definition) is 1. The van der Waals surface area contributed by atoms with Gasteiger partial charge in [0.15, 0.2) is 0 Å². The lowest BCUT2D eigenvalue weighted by Gasteiger charge is -2.23. The van der Waals surface area contributed by atoms with Gasteiger partial charge in [0.2, 0.25) is 5.91 Å². The van der Waals surface area contributed by atoms with Crippen LogP contribution in [0.3, 0.4) is 0 Å². The first kappa shape index (κ1) is 15.0. The number of anilines is 1. The van der Waals surface area contributed by atoms with Crippen molar-refractivity contribution in [3.8, 4) is 0 Å². The molecule has 20 heavy (non-hydrogen) atoms. The van der Waals surface area contributed by atoms with E-state index in [-0.39, 0.29) is 17.2 Å². The van der Waals surface area contributed by atoms with Gasteiger partial charge in [0, 0.05) is 10.8 Å². The largest absolute Gasteiger partial charge is 0.465 e. The number of carbonyl (C=O) groups excluding carboxylic acids is 2. The Balaban J connectivity index is 2.26. The Hall–Kier alpha value is -1.36. The summed E-state index contributed by atoms with van der Waals surface area (Å²) in [5.74, 6) is -0.287. The van der Waals surface area contributed by atoms with Gasteiger partial charge in [0.1, 0.15) is 5.00 Å². The fraction of sp³-hybridized carbons (Fsp3) is 0.600. The summed E-state index contributed by atoms with van der Waals surface area (Å²) >= 11 is 1.46. The maximum atomic E-state index is 12.1. The Morgan fingerprint density at radius 2 is 2.00 bits per heavy atom. The third-order valence-corrected chi connectivity index (χ3v) is 5.07. The maximum absolute atomic E-state index is 12.1. The summed E-state index contributed by atoms with van der Waals surface area (Å²) in [7, 11) is 1.36. The quantitative estimate of drug-likeness (QED) is 0.867. The van der Waals surface area contributed by atoms with Crippen molar-refractivity contribution in [3.05, 3.63) is 16.5 Å². The number of nitrogens with one attached hydrogen (secondary N) is 1. The van der Waals surface area contributed by atoms with Crippen LogP contribution in [0.2, 0.25) is 0 Å². The zero-order valence-corrected chi connectivity index (χ0v) is 13.2. The standard InChI is InChI=1S/C15H21NO3S/c1-15(2,3)11-8-10(14(18)19-4)13(20-11)16-12(17)9-6-5-7-9/h8-9H,5-7H2,1-4H3,(H,16,17). The molecule has 4 nitrogen and oxygen atoms in total. The summed E-state index contributed by atoms with van der Waals surface area (Å²) in [6.45, 7) is 6.24. The second-order valence-corrected chi connectivity index (χ2v) is 7.26. The Morgan fingerprint density at radius 3 is 2.45 bits per heavy atom. The first-order valence-corrected chi connectivity index (χ1v) is 7.68. The average Bonchev–Trinajstić information content (AvgIpc) is 2.69. The molecule has 1 aliphatic carbocycles. The van der Waals surface area contributed by atoms with Crippen LogP contribution in [0, 0.1) is 5.92 Å². The topological polar surface area (TPSA) is 55.4 Å². The van der Waals surface area contributed by atoms with Gasteiger partial charge in [-0.05, 0) is 24.3 Å². The van der Waals surface area contributed by atoms with Gasteiger partial charge in [-0.3, -0.25) is 4.79 Å². The minimum atomic E-state index is -0.402. The van der Waals surface area contributed by atoms with Gasteiger partial charge >= 0.3 is 5.97 Å². The minimum absolute atomic E-state index is 0.0173. The number of hydrogen-bond acceptors (Lipinski definition) is 4. The van der Waals surface area contributed by atoms with Crippen LogP contribution >= 0.6 is 11.3 Å². The molecule has 2 rings (SSSR count). The molecule has 1 saturated carbocycles. The highest BCUT2D eigenvalue weighted by Crippen LogP contribution is 2.37. The number of esters is 1. The molecule has 0 unspecified atom stereocenters. The number of methoxy groups -OCH3 is 1. The molecule has 1 aromatic rings. The molecule has 0 aromatic carbocycles. The molecule has 1 amide bonds. The fourth-order valence-corrected chi connectivity index (χ4v) is 3.11. The van der Waals surface area contributed by atoms with E-state index in [9.17, 15) is 9.59 Å². The van der Waals surface area contributed by atoms with E-state index >= 15 is 0 Å². The van der Waals surface area contributed by atoms with E-state index in [0.717, 1.165) is 24.1 Å². The fourth-order valence-electron chi connectivity index (χ4n) is 2.00. The number of rotatable bonds is 3. The molecule has 0 aliphatic heterocycles. The van der Waals surface area contributed by atoms with E-state index in [1.165, 1.54) is 18.4 Å². The van der Waals surface area contributed by atoms with Gasteiger partial charge in [-0.2, -0.15) is 0 Å². The molecule has 1 fully saturated rings. The molecule has 1 heterocycles. The van der Waals surface area contributed by atoms with E-state index in [4.69, 9.17) is 4.74 Å². The second-order valence-electron chi connectivity index (χ2n) is 6.21. The molecule has 0 spiro atoms. The number of thiophene rings is 1. The van der Waals surface area contributed by atoms with Crippen LogP contribution in [-0.4, -0.2) is 19.0 Å². The molecular weight excluding hydrogens is 274 g/mol. The number of amides is 1. The van der Waals surface area contributed by atoms with E-state index < -0.39 is 5.97 Å². The highest BCUT2D eigenvalue weighted by molar-refractivity contribution is 7.16. The lowest BCUT2D eigenvalue weighted by Crippen LogP contribution is -2.28. The van der Waals surface area contributed by atoms with Crippen molar-refractivity contribution in [3.63, 3.8) is 0 Å². The smallest absolute Gasteiger partial charge is 0.340 e. The number of carbonyl (C=O) groups is 2. The van der Waals surface area contributed by atoms with Crippen molar-refractivity contribution in [2.75, 3.05) is 12.4 Å². The third kappa shape index (κ3) is 3.03.